The van der Waals surface area contributed by atoms with Gasteiger partial charge in [-0.05, 0) is 11.0 Å². The lowest BCUT2D eigenvalue weighted by molar-refractivity contribution is -0.123. The SMILES string of the molecule is C#CCC(N)C(=O)NC(c1ccccc1)C(C)(C)C. The number of carbonyl (C=O) groups is 1. The van der Waals surface area contributed by atoms with Crippen LogP contribution in [0.2, 0.25) is 0 Å². The van der Waals surface area contributed by atoms with E-state index in [1.807, 2.05) is 30.3 Å². The lowest BCUT2D eigenvalue weighted by Gasteiger charge is -2.32. The van der Waals surface area contributed by atoms with Crippen LogP contribution in [0.15, 0.2) is 30.3 Å². The van der Waals surface area contributed by atoms with Gasteiger partial charge in [0.05, 0.1) is 12.1 Å². The van der Waals surface area contributed by atoms with Gasteiger partial charge in [0.2, 0.25) is 5.91 Å². The minimum absolute atomic E-state index is 0.0926. The fraction of sp³-hybridized carbons (Fsp3) is 0.438. The molecule has 0 heterocycles. The van der Waals surface area contributed by atoms with E-state index in [1.165, 1.54) is 0 Å². The third kappa shape index (κ3) is 4.42. The van der Waals surface area contributed by atoms with E-state index in [9.17, 15) is 4.79 Å². The summed E-state index contributed by atoms with van der Waals surface area (Å²) in [6, 6.07) is 9.13. The molecular formula is C16H22N2O. The molecule has 0 saturated heterocycles. The van der Waals surface area contributed by atoms with Crippen molar-refractivity contribution in [3.8, 4) is 12.3 Å². The molecule has 0 radical (unpaired) electrons. The molecule has 0 fully saturated rings. The smallest absolute Gasteiger partial charge is 0.238 e. The van der Waals surface area contributed by atoms with E-state index in [1.54, 1.807) is 0 Å². The van der Waals surface area contributed by atoms with Crippen LogP contribution < -0.4 is 11.1 Å². The Morgan fingerprint density at radius 3 is 2.42 bits per heavy atom. The normalized spacial score (nSPS) is 14.3. The molecule has 1 aromatic rings. The van der Waals surface area contributed by atoms with Crippen LogP contribution in [0.5, 0.6) is 0 Å². The first kappa shape index (κ1) is 15.3. The lowest BCUT2D eigenvalue weighted by Crippen LogP contribution is -2.45. The maximum Gasteiger partial charge on any atom is 0.238 e. The number of hydrogen-bond donors (Lipinski definition) is 2. The van der Waals surface area contributed by atoms with E-state index in [-0.39, 0.29) is 23.8 Å². The van der Waals surface area contributed by atoms with Crippen molar-refractivity contribution in [1.82, 2.24) is 5.32 Å². The number of amides is 1. The fourth-order valence-electron chi connectivity index (χ4n) is 1.91. The molecule has 0 spiro atoms. The van der Waals surface area contributed by atoms with Gasteiger partial charge in [-0.25, -0.2) is 0 Å². The third-order valence-corrected chi connectivity index (χ3v) is 2.96. The molecule has 0 aliphatic carbocycles. The second kappa shape index (κ2) is 6.40. The van der Waals surface area contributed by atoms with Gasteiger partial charge in [-0.2, -0.15) is 0 Å². The van der Waals surface area contributed by atoms with Crippen molar-refractivity contribution in [2.75, 3.05) is 0 Å². The third-order valence-electron chi connectivity index (χ3n) is 2.96. The van der Waals surface area contributed by atoms with E-state index in [2.05, 4.69) is 32.0 Å². The maximum absolute atomic E-state index is 12.0. The van der Waals surface area contributed by atoms with Crippen LogP contribution in [0.4, 0.5) is 0 Å². The van der Waals surface area contributed by atoms with Crippen molar-refractivity contribution >= 4 is 5.91 Å². The highest BCUT2D eigenvalue weighted by molar-refractivity contribution is 5.82. The van der Waals surface area contributed by atoms with E-state index >= 15 is 0 Å². The van der Waals surface area contributed by atoms with Crippen LogP contribution in [0.3, 0.4) is 0 Å². The average Bonchev–Trinajstić information content (AvgIpc) is 2.35. The van der Waals surface area contributed by atoms with Crippen molar-refractivity contribution in [2.24, 2.45) is 11.1 Å². The molecule has 0 aromatic heterocycles. The predicted molar refractivity (Wildman–Crippen MR) is 78.2 cm³/mol. The molecule has 2 unspecified atom stereocenters. The summed E-state index contributed by atoms with van der Waals surface area (Å²) in [5.41, 5.74) is 6.70. The second-order valence-corrected chi connectivity index (χ2v) is 5.73. The number of carbonyl (C=O) groups excluding carboxylic acids is 1. The van der Waals surface area contributed by atoms with Crippen LogP contribution in [0.1, 0.15) is 38.8 Å². The van der Waals surface area contributed by atoms with Crippen molar-refractivity contribution in [3.63, 3.8) is 0 Å². The maximum atomic E-state index is 12.0. The van der Waals surface area contributed by atoms with Gasteiger partial charge >= 0.3 is 0 Å². The summed E-state index contributed by atoms with van der Waals surface area (Å²) in [4.78, 5) is 12.0. The molecule has 2 atom stereocenters. The Balaban J connectivity index is 2.90. The summed E-state index contributed by atoms with van der Waals surface area (Å²) < 4.78 is 0. The van der Waals surface area contributed by atoms with Gasteiger partial charge in [0.1, 0.15) is 0 Å². The minimum Gasteiger partial charge on any atom is -0.347 e. The van der Waals surface area contributed by atoms with Crippen molar-refractivity contribution in [2.45, 2.75) is 39.3 Å². The zero-order valence-corrected chi connectivity index (χ0v) is 11.8. The molecule has 3 nitrogen and oxygen atoms in total. The zero-order valence-electron chi connectivity index (χ0n) is 11.8. The highest BCUT2D eigenvalue weighted by Crippen LogP contribution is 2.32. The highest BCUT2D eigenvalue weighted by atomic mass is 16.2. The molecule has 0 aliphatic rings. The zero-order chi connectivity index (χ0) is 14.5. The second-order valence-electron chi connectivity index (χ2n) is 5.73. The van der Waals surface area contributed by atoms with Crippen molar-refractivity contribution in [1.29, 1.82) is 0 Å². The summed E-state index contributed by atoms with van der Waals surface area (Å²) in [6.45, 7) is 6.24. The van der Waals surface area contributed by atoms with Crippen molar-refractivity contribution < 1.29 is 4.79 Å². The predicted octanol–water partition coefficient (Wildman–Crippen LogP) is 2.24. The molecule has 0 bridgehead atoms. The van der Waals surface area contributed by atoms with E-state index in [0.29, 0.717) is 0 Å². The van der Waals surface area contributed by atoms with Crippen molar-refractivity contribution in [3.05, 3.63) is 35.9 Å². The first-order valence-electron chi connectivity index (χ1n) is 6.40. The summed E-state index contributed by atoms with van der Waals surface area (Å²) in [5, 5.41) is 3.00. The number of hydrogen-bond acceptors (Lipinski definition) is 2. The first-order valence-corrected chi connectivity index (χ1v) is 6.40. The standard InChI is InChI=1S/C16H22N2O/c1-5-9-13(17)15(19)18-14(16(2,3)4)12-10-7-6-8-11-12/h1,6-8,10-11,13-14H,9,17H2,2-4H3,(H,18,19). The summed E-state index contributed by atoms with van der Waals surface area (Å²) >= 11 is 0. The Morgan fingerprint density at radius 1 is 1.37 bits per heavy atom. The van der Waals surface area contributed by atoms with Gasteiger partial charge in [-0.3, -0.25) is 4.79 Å². The Morgan fingerprint density at radius 2 is 1.95 bits per heavy atom. The molecular weight excluding hydrogens is 236 g/mol. The van der Waals surface area contributed by atoms with Gasteiger partial charge in [-0.15, -0.1) is 12.3 Å². The molecule has 1 rings (SSSR count). The van der Waals surface area contributed by atoms with Crippen LogP contribution in [-0.2, 0) is 4.79 Å². The molecule has 19 heavy (non-hydrogen) atoms. The number of rotatable bonds is 4. The van der Waals surface area contributed by atoms with Gasteiger partial charge in [0, 0.05) is 6.42 Å². The molecule has 3 heteroatoms. The molecule has 0 aliphatic heterocycles. The van der Waals surface area contributed by atoms with Gasteiger partial charge in [0.25, 0.3) is 0 Å². The van der Waals surface area contributed by atoms with Gasteiger partial charge in [0.15, 0.2) is 0 Å². The number of nitrogens with one attached hydrogen (secondary N) is 1. The number of terminal acetylenes is 1. The van der Waals surface area contributed by atoms with Crippen LogP contribution in [0.25, 0.3) is 0 Å². The minimum atomic E-state index is -0.654. The highest BCUT2D eigenvalue weighted by Gasteiger charge is 2.28. The Hall–Kier alpha value is -1.79. The van der Waals surface area contributed by atoms with Crippen LogP contribution in [-0.4, -0.2) is 11.9 Å². The Labute approximate surface area is 115 Å². The summed E-state index contributed by atoms with van der Waals surface area (Å²) in [7, 11) is 0. The van der Waals surface area contributed by atoms with Gasteiger partial charge < -0.3 is 11.1 Å². The molecule has 0 saturated carbocycles. The van der Waals surface area contributed by atoms with E-state index in [0.717, 1.165) is 5.56 Å². The Bertz CT molecular complexity index is 454. The quantitative estimate of drug-likeness (QED) is 0.814. The average molecular weight is 258 g/mol. The number of benzene rings is 1. The topological polar surface area (TPSA) is 55.1 Å². The molecule has 3 N–H and O–H groups in total. The number of nitrogens with two attached hydrogens (primary N) is 1. The monoisotopic (exact) mass is 258 g/mol. The largest absolute Gasteiger partial charge is 0.347 e. The lowest BCUT2D eigenvalue weighted by atomic mass is 9.82. The summed E-state index contributed by atoms with van der Waals surface area (Å²) in [5.74, 6) is 2.21. The van der Waals surface area contributed by atoms with E-state index < -0.39 is 6.04 Å². The first-order chi connectivity index (χ1) is 8.86. The molecule has 102 valence electrons. The Kier molecular flexibility index (Phi) is 5.14. The van der Waals surface area contributed by atoms with Gasteiger partial charge in [-0.1, -0.05) is 51.1 Å². The van der Waals surface area contributed by atoms with Crippen LogP contribution >= 0.6 is 0 Å². The molecule has 1 aromatic carbocycles. The fourth-order valence-corrected chi connectivity index (χ4v) is 1.91. The summed E-state index contributed by atoms with van der Waals surface area (Å²) in [6.07, 6.45) is 5.43. The van der Waals surface area contributed by atoms with Crippen LogP contribution in [0, 0.1) is 17.8 Å². The molecule has 1 amide bonds. The van der Waals surface area contributed by atoms with E-state index in [4.69, 9.17) is 12.2 Å².